The van der Waals surface area contributed by atoms with Crippen molar-refractivity contribution in [2.45, 2.75) is 20.0 Å². The summed E-state index contributed by atoms with van der Waals surface area (Å²) in [6.07, 6.45) is 1.35. The Hall–Kier alpha value is -2.76. The van der Waals surface area contributed by atoms with Crippen LogP contribution in [0.15, 0.2) is 30.5 Å². The van der Waals surface area contributed by atoms with Crippen molar-refractivity contribution in [3.63, 3.8) is 0 Å². The third kappa shape index (κ3) is 2.56. The number of aromatic nitrogens is 1. The van der Waals surface area contributed by atoms with Crippen LogP contribution in [-0.4, -0.2) is 29.5 Å². The molecule has 0 spiro atoms. The van der Waals surface area contributed by atoms with E-state index in [1.165, 1.54) is 0 Å². The van der Waals surface area contributed by atoms with E-state index >= 15 is 0 Å². The second-order valence-corrected chi connectivity index (χ2v) is 5.72. The van der Waals surface area contributed by atoms with E-state index in [9.17, 15) is 9.59 Å². The first-order valence-corrected chi connectivity index (χ1v) is 7.40. The summed E-state index contributed by atoms with van der Waals surface area (Å²) in [6, 6.07) is 7.06. The Bertz CT molecular complexity index is 794. The van der Waals surface area contributed by atoms with Crippen LogP contribution >= 0.6 is 0 Å². The molecule has 3 rings (SSSR count). The molecule has 1 aliphatic rings. The van der Waals surface area contributed by atoms with Crippen LogP contribution in [0.4, 0.5) is 11.4 Å². The molecule has 1 atom stereocenters. The fourth-order valence-electron chi connectivity index (χ4n) is 2.64. The van der Waals surface area contributed by atoms with Gasteiger partial charge in [0.05, 0.1) is 11.3 Å². The Morgan fingerprint density at radius 3 is 2.65 bits per heavy atom. The predicted molar refractivity (Wildman–Crippen MR) is 88.0 cm³/mol. The molecular weight excluding hydrogens is 294 g/mol. The number of nitrogens with one attached hydrogen (secondary N) is 1. The molecule has 2 amide bonds. The number of carbonyl (C=O) groups excluding carboxylic acids is 2. The molecule has 1 aromatic heterocycles. The van der Waals surface area contributed by atoms with E-state index in [4.69, 9.17) is 4.74 Å². The average molecular weight is 313 g/mol. The third-order valence-corrected chi connectivity index (χ3v) is 4.19. The standard InChI is InChI=1S/C17H19N3O3/c1-10-13(7-8-19(10)3)16(21)18-12-5-6-15-14(9-12)20(4)17(22)11(2)23-15/h5-9,11H,1-4H3,(H,18,21). The lowest BCUT2D eigenvalue weighted by Crippen LogP contribution is -2.41. The minimum absolute atomic E-state index is 0.111. The second kappa shape index (κ2) is 5.46. The summed E-state index contributed by atoms with van der Waals surface area (Å²) in [5.74, 6) is 0.343. The first-order valence-electron chi connectivity index (χ1n) is 7.40. The zero-order chi connectivity index (χ0) is 16.7. The molecule has 0 bridgehead atoms. The van der Waals surface area contributed by atoms with Gasteiger partial charge in [-0.15, -0.1) is 0 Å². The Morgan fingerprint density at radius 1 is 1.26 bits per heavy atom. The number of nitrogens with zero attached hydrogens (tertiary/aromatic N) is 2. The molecule has 2 heterocycles. The van der Waals surface area contributed by atoms with E-state index in [0.717, 1.165) is 5.69 Å². The molecule has 1 N–H and O–H groups in total. The summed E-state index contributed by atoms with van der Waals surface area (Å²) in [5, 5.41) is 2.86. The second-order valence-electron chi connectivity index (χ2n) is 5.72. The Labute approximate surface area is 134 Å². The molecule has 23 heavy (non-hydrogen) atoms. The lowest BCUT2D eigenvalue weighted by Gasteiger charge is -2.30. The normalized spacial score (nSPS) is 16.8. The van der Waals surface area contributed by atoms with Crippen molar-refractivity contribution >= 4 is 23.2 Å². The molecule has 1 aliphatic heterocycles. The number of anilines is 2. The maximum absolute atomic E-state index is 12.4. The van der Waals surface area contributed by atoms with Crippen LogP contribution in [0.5, 0.6) is 5.75 Å². The highest BCUT2D eigenvalue weighted by Gasteiger charge is 2.29. The predicted octanol–water partition coefficient (Wildman–Crippen LogP) is 2.33. The summed E-state index contributed by atoms with van der Waals surface area (Å²) in [7, 11) is 3.59. The van der Waals surface area contributed by atoms with Crippen LogP contribution in [0.3, 0.4) is 0 Å². The number of hydrogen-bond acceptors (Lipinski definition) is 3. The fraction of sp³-hybridized carbons (Fsp3) is 0.294. The smallest absolute Gasteiger partial charge is 0.267 e. The topological polar surface area (TPSA) is 63.6 Å². The highest BCUT2D eigenvalue weighted by molar-refractivity contribution is 6.06. The van der Waals surface area contributed by atoms with Gasteiger partial charge in [0.1, 0.15) is 5.75 Å². The molecule has 0 aliphatic carbocycles. The highest BCUT2D eigenvalue weighted by Crippen LogP contribution is 2.35. The number of ether oxygens (including phenoxy) is 1. The molecule has 0 saturated heterocycles. The van der Waals surface area contributed by atoms with Crippen molar-refractivity contribution in [2.24, 2.45) is 7.05 Å². The number of carbonyl (C=O) groups is 2. The fourth-order valence-corrected chi connectivity index (χ4v) is 2.64. The Morgan fingerprint density at radius 2 is 2.00 bits per heavy atom. The van der Waals surface area contributed by atoms with Crippen molar-refractivity contribution < 1.29 is 14.3 Å². The van der Waals surface area contributed by atoms with E-state index in [0.29, 0.717) is 22.7 Å². The van der Waals surface area contributed by atoms with Crippen LogP contribution in [-0.2, 0) is 11.8 Å². The van der Waals surface area contributed by atoms with Gasteiger partial charge in [-0.05, 0) is 38.1 Å². The van der Waals surface area contributed by atoms with Crippen LogP contribution in [0.1, 0.15) is 23.0 Å². The van der Waals surface area contributed by atoms with Gasteiger partial charge in [-0.25, -0.2) is 0 Å². The van der Waals surface area contributed by atoms with Gasteiger partial charge >= 0.3 is 0 Å². The third-order valence-electron chi connectivity index (χ3n) is 4.19. The molecule has 0 fully saturated rings. The summed E-state index contributed by atoms with van der Waals surface area (Å²) in [4.78, 5) is 25.9. The molecule has 6 nitrogen and oxygen atoms in total. The molecule has 6 heteroatoms. The Kier molecular flexibility index (Phi) is 3.60. The first-order chi connectivity index (χ1) is 10.9. The lowest BCUT2D eigenvalue weighted by molar-refractivity contribution is -0.125. The Balaban J connectivity index is 1.87. The minimum Gasteiger partial charge on any atom is -0.479 e. The summed E-state index contributed by atoms with van der Waals surface area (Å²) in [6.45, 7) is 3.61. The molecule has 0 saturated carbocycles. The molecular formula is C17H19N3O3. The molecule has 2 aromatic rings. The number of aryl methyl sites for hydroxylation is 1. The van der Waals surface area contributed by atoms with Crippen molar-refractivity contribution in [1.29, 1.82) is 0 Å². The number of amides is 2. The highest BCUT2D eigenvalue weighted by atomic mass is 16.5. The van der Waals surface area contributed by atoms with Gasteiger partial charge in [0.25, 0.3) is 11.8 Å². The first kappa shape index (κ1) is 15.1. The van der Waals surface area contributed by atoms with Crippen LogP contribution < -0.4 is 15.0 Å². The van der Waals surface area contributed by atoms with E-state index in [-0.39, 0.29) is 11.8 Å². The molecule has 0 radical (unpaired) electrons. The largest absolute Gasteiger partial charge is 0.479 e. The number of fused-ring (bicyclic) bond motifs is 1. The zero-order valence-electron chi connectivity index (χ0n) is 13.6. The van der Waals surface area contributed by atoms with Crippen LogP contribution in [0.25, 0.3) is 0 Å². The van der Waals surface area contributed by atoms with E-state index in [1.807, 2.05) is 24.7 Å². The summed E-state index contributed by atoms with van der Waals surface area (Å²) in [5.41, 5.74) is 2.79. The van der Waals surface area contributed by atoms with Gasteiger partial charge in [-0.1, -0.05) is 0 Å². The van der Waals surface area contributed by atoms with Crippen molar-refractivity contribution in [3.05, 3.63) is 41.7 Å². The zero-order valence-corrected chi connectivity index (χ0v) is 13.6. The van der Waals surface area contributed by atoms with Crippen molar-refractivity contribution in [3.8, 4) is 5.75 Å². The maximum Gasteiger partial charge on any atom is 0.267 e. The van der Waals surface area contributed by atoms with Crippen molar-refractivity contribution in [2.75, 3.05) is 17.3 Å². The van der Waals surface area contributed by atoms with Gasteiger partial charge in [0, 0.05) is 31.7 Å². The van der Waals surface area contributed by atoms with Crippen molar-refractivity contribution in [1.82, 2.24) is 4.57 Å². The number of likely N-dealkylation sites (N-methyl/N-ethyl adjacent to an activating group) is 1. The van der Waals surface area contributed by atoms with Gasteiger partial charge in [-0.3, -0.25) is 9.59 Å². The van der Waals surface area contributed by atoms with Crippen LogP contribution in [0.2, 0.25) is 0 Å². The summed E-state index contributed by atoms with van der Waals surface area (Å²) >= 11 is 0. The average Bonchev–Trinajstić information content (AvgIpc) is 2.85. The monoisotopic (exact) mass is 313 g/mol. The summed E-state index contributed by atoms with van der Waals surface area (Å²) < 4.78 is 7.47. The molecule has 120 valence electrons. The molecule has 1 aromatic carbocycles. The number of benzene rings is 1. The lowest BCUT2D eigenvalue weighted by atomic mass is 10.1. The minimum atomic E-state index is -0.500. The van der Waals surface area contributed by atoms with Gasteiger partial charge in [0.2, 0.25) is 0 Å². The maximum atomic E-state index is 12.4. The van der Waals surface area contributed by atoms with E-state index in [2.05, 4.69) is 5.32 Å². The number of hydrogen-bond donors (Lipinski definition) is 1. The van der Waals surface area contributed by atoms with E-state index < -0.39 is 6.10 Å². The van der Waals surface area contributed by atoms with Gasteiger partial charge < -0.3 is 19.5 Å². The quantitative estimate of drug-likeness (QED) is 0.925. The van der Waals surface area contributed by atoms with Gasteiger partial charge in [-0.2, -0.15) is 0 Å². The van der Waals surface area contributed by atoms with Crippen LogP contribution in [0, 0.1) is 6.92 Å². The molecule has 1 unspecified atom stereocenters. The number of rotatable bonds is 2. The SMILES string of the molecule is Cc1c(C(=O)Nc2ccc3c(c2)N(C)C(=O)C(C)O3)ccn1C. The van der Waals surface area contributed by atoms with Gasteiger partial charge in [0.15, 0.2) is 6.10 Å². The van der Waals surface area contributed by atoms with E-state index in [1.54, 1.807) is 43.1 Å².